The molecule has 2 aromatic heterocycles. The number of imidazole rings is 1. The van der Waals surface area contributed by atoms with Gasteiger partial charge in [0.2, 0.25) is 7.58 Å². The van der Waals surface area contributed by atoms with Gasteiger partial charge in [-0.2, -0.15) is 0 Å². The molecule has 4 unspecified atom stereocenters. The van der Waals surface area contributed by atoms with Crippen LogP contribution >= 0.6 is 39.4 Å². The molecule has 0 aromatic carbocycles. The molecule has 1 fully saturated rings. The standard InChI is InChI=1S/C14H22N4O6P2S2.C2H7N/c1-20-9-25(27)22-3-2-18-13(17-10-4-15-8-16-14(10)18)7-23-26(28)24-12-6-21-5-11(12)19;1-3-2/h4,8,11-12,19,27-28H,2-3,5-7,9H2,1H3;3H,1-2H3. The molecule has 3 heterocycles. The van der Waals surface area contributed by atoms with Crippen LogP contribution in [0.2, 0.25) is 0 Å². The topological polar surface area (TPSA) is 122 Å². The van der Waals surface area contributed by atoms with Crippen LogP contribution < -0.4 is 5.32 Å². The van der Waals surface area contributed by atoms with Gasteiger partial charge in [0.25, 0.3) is 0 Å². The molecule has 1 aliphatic heterocycles. The summed E-state index contributed by atoms with van der Waals surface area (Å²) in [7, 11) is 2.92. The minimum absolute atomic E-state index is 0.170. The van der Waals surface area contributed by atoms with Crippen LogP contribution in [0.25, 0.3) is 11.2 Å². The highest BCUT2D eigenvalue weighted by Crippen LogP contribution is 2.46. The normalized spacial score (nSPS) is 20.5. The lowest BCUT2D eigenvalue weighted by atomic mass is 10.3. The fourth-order valence-electron chi connectivity index (χ4n) is 2.54. The Hall–Kier alpha value is -0.170. The lowest BCUT2D eigenvalue weighted by Gasteiger charge is -2.18. The monoisotopic (exact) mass is 513 g/mol. The molecule has 15 heteroatoms. The Labute approximate surface area is 194 Å². The number of aromatic nitrogens is 4. The van der Waals surface area contributed by atoms with Crippen LogP contribution in [-0.4, -0.2) is 84.2 Å². The zero-order chi connectivity index (χ0) is 22.6. The first kappa shape index (κ1) is 27.1. The second-order valence-corrected chi connectivity index (χ2v) is 10.8. The van der Waals surface area contributed by atoms with Gasteiger partial charge in [-0.15, -0.1) is 12.2 Å². The van der Waals surface area contributed by atoms with Crippen molar-refractivity contribution in [1.29, 1.82) is 0 Å². The third-order valence-electron chi connectivity index (χ3n) is 3.81. The number of thiol groups is 2. The molecule has 176 valence electrons. The van der Waals surface area contributed by atoms with E-state index in [2.05, 4.69) is 44.8 Å². The van der Waals surface area contributed by atoms with Crippen molar-refractivity contribution in [1.82, 2.24) is 24.8 Å². The molecule has 31 heavy (non-hydrogen) atoms. The molecule has 2 aromatic rings. The SMILES string of the molecule is CNC.COCP(S)OCCn1c(COP(S)OC2COCC2O)nc2cncnc21. The smallest absolute Gasteiger partial charge is 0.235 e. The number of aliphatic hydroxyl groups excluding tert-OH is 1. The summed E-state index contributed by atoms with van der Waals surface area (Å²) in [6.07, 6.45) is 2.47. The molecule has 0 aliphatic carbocycles. The van der Waals surface area contributed by atoms with Crippen LogP contribution in [0.4, 0.5) is 0 Å². The van der Waals surface area contributed by atoms with E-state index in [4.69, 9.17) is 23.0 Å². The van der Waals surface area contributed by atoms with E-state index in [1.165, 1.54) is 6.33 Å². The average Bonchev–Trinajstić information content (AvgIpc) is 3.30. The van der Waals surface area contributed by atoms with Crippen molar-refractivity contribution < 1.29 is 28.2 Å². The van der Waals surface area contributed by atoms with Crippen molar-refractivity contribution in [3.8, 4) is 0 Å². The molecule has 0 saturated carbocycles. The molecule has 0 spiro atoms. The Morgan fingerprint density at radius 2 is 2.10 bits per heavy atom. The summed E-state index contributed by atoms with van der Waals surface area (Å²) < 4.78 is 29.1. The molecule has 11 nitrogen and oxygen atoms in total. The van der Waals surface area contributed by atoms with Crippen LogP contribution in [-0.2, 0) is 36.2 Å². The van der Waals surface area contributed by atoms with Gasteiger partial charge in [0, 0.05) is 13.7 Å². The van der Waals surface area contributed by atoms with Crippen molar-refractivity contribution in [3.63, 3.8) is 0 Å². The molecule has 3 rings (SSSR count). The molecule has 1 saturated heterocycles. The molecule has 2 N–H and O–H groups in total. The van der Waals surface area contributed by atoms with E-state index < -0.39 is 27.1 Å². The predicted octanol–water partition coefficient (Wildman–Crippen LogP) is 1.97. The maximum Gasteiger partial charge on any atom is 0.235 e. The van der Waals surface area contributed by atoms with Crippen molar-refractivity contribution in [2.75, 3.05) is 47.4 Å². The minimum Gasteiger partial charge on any atom is -0.388 e. The van der Waals surface area contributed by atoms with Crippen LogP contribution in [0.1, 0.15) is 5.82 Å². The van der Waals surface area contributed by atoms with Crippen LogP contribution in [0.5, 0.6) is 0 Å². The number of aliphatic hydroxyl groups is 1. The second kappa shape index (κ2) is 14.9. The number of ether oxygens (including phenoxy) is 2. The van der Waals surface area contributed by atoms with Crippen LogP contribution in [0.3, 0.4) is 0 Å². The number of methoxy groups -OCH3 is 1. The summed E-state index contributed by atoms with van der Waals surface area (Å²) in [5.74, 6) is 0.655. The maximum atomic E-state index is 9.75. The minimum atomic E-state index is -1.50. The van der Waals surface area contributed by atoms with Gasteiger partial charge >= 0.3 is 0 Å². The third-order valence-corrected chi connectivity index (χ3v) is 6.90. The summed E-state index contributed by atoms with van der Waals surface area (Å²) in [4.78, 5) is 12.8. The number of nitrogens with zero attached hydrogens (tertiary/aromatic N) is 4. The highest BCUT2D eigenvalue weighted by Gasteiger charge is 2.29. The molecule has 0 amide bonds. The average molecular weight is 514 g/mol. The molecule has 1 aliphatic rings. The zero-order valence-corrected chi connectivity index (χ0v) is 21.2. The number of rotatable bonds is 11. The van der Waals surface area contributed by atoms with E-state index in [0.29, 0.717) is 43.1 Å². The van der Waals surface area contributed by atoms with Crippen molar-refractivity contribution in [3.05, 3.63) is 18.3 Å². The first-order valence-corrected chi connectivity index (χ1v) is 14.3. The summed E-state index contributed by atoms with van der Waals surface area (Å²) >= 11 is 8.70. The maximum absolute atomic E-state index is 9.75. The van der Waals surface area contributed by atoms with Crippen molar-refractivity contribution in [2.45, 2.75) is 25.4 Å². The highest BCUT2D eigenvalue weighted by molar-refractivity contribution is 8.43. The lowest BCUT2D eigenvalue weighted by molar-refractivity contribution is 0.0718. The van der Waals surface area contributed by atoms with E-state index in [9.17, 15) is 5.11 Å². The van der Waals surface area contributed by atoms with Crippen LogP contribution in [0, 0.1) is 0 Å². The summed E-state index contributed by atoms with van der Waals surface area (Å²) in [6, 6.07) is 0. The summed E-state index contributed by atoms with van der Waals surface area (Å²) in [5.41, 5.74) is 1.35. The van der Waals surface area contributed by atoms with E-state index in [1.54, 1.807) is 13.3 Å². The zero-order valence-electron chi connectivity index (χ0n) is 17.6. The Kier molecular flexibility index (Phi) is 13.0. The van der Waals surface area contributed by atoms with Gasteiger partial charge in [0.15, 0.2) is 5.65 Å². The third kappa shape index (κ3) is 8.94. The van der Waals surface area contributed by atoms with Gasteiger partial charge < -0.3 is 38.0 Å². The Bertz CT molecular complexity index is 779. The quantitative estimate of drug-likeness (QED) is 0.262. The number of nitrogens with one attached hydrogen (secondary N) is 1. The molecule has 0 bridgehead atoms. The first-order valence-electron chi connectivity index (χ1n) is 9.36. The van der Waals surface area contributed by atoms with Crippen molar-refractivity contribution >= 4 is 50.6 Å². The summed E-state index contributed by atoms with van der Waals surface area (Å²) in [6.45, 7) is 1.70. The van der Waals surface area contributed by atoms with Gasteiger partial charge in [-0.3, -0.25) is 0 Å². The largest absolute Gasteiger partial charge is 0.388 e. The van der Waals surface area contributed by atoms with E-state index in [1.807, 2.05) is 18.7 Å². The van der Waals surface area contributed by atoms with Crippen molar-refractivity contribution in [2.24, 2.45) is 0 Å². The van der Waals surface area contributed by atoms with Gasteiger partial charge in [-0.1, -0.05) is 12.2 Å². The molecular formula is C16H29N5O6P2S2. The van der Waals surface area contributed by atoms with E-state index in [-0.39, 0.29) is 13.2 Å². The fraction of sp³-hybridized carbons (Fsp3) is 0.688. The van der Waals surface area contributed by atoms with Crippen LogP contribution in [0.15, 0.2) is 12.5 Å². The number of hydrogen-bond donors (Lipinski definition) is 4. The molecular weight excluding hydrogens is 484 g/mol. The van der Waals surface area contributed by atoms with E-state index in [0.717, 1.165) is 0 Å². The Morgan fingerprint density at radius 3 is 2.77 bits per heavy atom. The lowest BCUT2D eigenvalue weighted by Crippen LogP contribution is -2.24. The van der Waals surface area contributed by atoms with E-state index >= 15 is 0 Å². The molecule has 4 atom stereocenters. The Morgan fingerprint density at radius 1 is 1.32 bits per heavy atom. The van der Waals surface area contributed by atoms with Gasteiger partial charge in [-0.05, 0) is 14.1 Å². The van der Waals surface area contributed by atoms with Gasteiger partial charge in [-0.25, -0.2) is 15.0 Å². The fourth-order valence-corrected chi connectivity index (χ4v) is 4.97. The number of fused-ring (bicyclic) bond motifs is 1. The second-order valence-electron chi connectivity index (χ2n) is 6.27. The van der Waals surface area contributed by atoms with Gasteiger partial charge in [0.1, 0.15) is 43.8 Å². The Balaban J connectivity index is 0.00000107. The predicted molar refractivity (Wildman–Crippen MR) is 126 cm³/mol. The first-order chi connectivity index (χ1) is 15.0. The van der Waals surface area contributed by atoms with Gasteiger partial charge in [0.05, 0.1) is 32.4 Å². The highest BCUT2D eigenvalue weighted by atomic mass is 32.7. The number of hydrogen-bond acceptors (Lipinski definition) is 12. The molecule has 0 radical (unpaired) electrons. The summed E-state index contributed by atoms with van der Waals surface area (Å²) in [5, 5.41) is 12.5.